The smallest absolute Gasteiger partial charge is 0.162 e. The van der Waals surface area contributed by atoms with Crippen molar-refractivity contribution in [2.24, 2.45) is 0 Å². The van der Waals surface area contributed by atoms with Gasteiger partial charge in [-0.3, -0.25) is 5.32 Å². The number of ether oxygens (including phenoxy) is 2. The number of hydrogen-bond acceptors (Lipinski definition) is 7. The molecule has 1 aliphatic rings. The highest BCUT2D eigenvalue weighted by Crippen LogP contribution is 2.35. The van der Waals surface area contributed by atoms with Crippen molar-refractivity contribution in [3.8, 4) is 11.5 Å². The van der Waals surface area contributed by atoms with E-state index in [9.17, 15) is 0 Å². The van der Waals surface area contributed by atoms with Gasteiger partial charge in [0, 0.05) is 24.5 Å². The average Bonchev–Trinajstić information content (AvgIpc) is 2.65. The first-order valence-electron chi connectivity index (χ1n) is 7.71. The molecule has 0 saturated carbocycles. The summed E-state index contributed by atoms with van der Waals surface area (Å²) in [5, 5.41) is 4.27. The highest BCUT2D eigenvalue weighted by atomic mass is 32.1. The molecule has 2 aromatic rings. The molecule has 1 atom stereocenters. The summed E-state index contributed by atoms with van der Waals surface area (Å²) >= 11 is 5.06. The fourth-order valence-electron chi connectivity index (χ4n) is 3.00. The molecule has 1 aromatic carbocycles. The normalized spacial score (nSPS) is 17.9. The molecule has 1 saturated heterocycles. The van der Waals surface area contributed by atoms with Crippen molar-refractivity contribution in [2.75, 3.05) is 45.8 Å². The van der Waals surface area contributed by atoms with Crippen LogP contribution < -0.4 is 19.7 Å². The van der Waals surface area contributed by atoms with Crippen molar-refractivity contribution in [2.45, 2.75) is 6.17 Å². The highest BCUT2D eigenvalue weighted by Gasteiger charge is 2.27. The SMILES string of the molecule is CNC1CN(C=S)CCN1c1ncnc2cc(OC)c(OC)cc12. The van der Waals surface area contributed by atoms with Crippen LogP contribution in [-0.2, 0) is 0 Å². The number of aromatic nitrogens is 2. The lowest BCUT2D eigenvalue weighted by molar-refractivity contribution is 0.314. The van der Waals surface area contributed by atoms with E-state index in [-0.39, 0.29) is 6.17 Å². The summed E-state index contributed by atoms with van der Waals surface area (Å²) in [5.74, 6) is 2.20. The van der Waals surface area contributed by atoms with Crippen molar-refractivity contribution in [1.82, 2.24) is 20.2 Å². The second-order valence-electron chi connectivity index (χ2n) is 5.52. The Morgan fingerprint density at radius 1 is 1.21 bits per heavy atom. The van der Waals surface area contributed by atoms with Gasteiger partial charge in [0.1, 0.15) is 12.1 Å². The third kappa shape index (κ3) is 2.94. The largest absolute Gasteiger partial charge is 0.493 e. The summed E-state index contributed by atoms with van der Waals surface area (Å²) < 4.78 is 10.8. The average molecular weight is 347 g/mol. The van der Waals surface area contributed by atoms with Crippen molar-refractivity contribution >= 4 is 34.4 Å². The Labute approximate surface area is 146 Å². The molecule has 0 amide bonds. The Morgan fingerprint density at radius 2 is 1.96 bits per heavy atom. The van der Waals surface area contributed by atoms with E-state index in [1.54, 1.807) is 26.0 Å². The number of rotatable bonds is 5. The summed E-state index contributed by atoms with van der Waals surface area (Å²) in [6, 6.07) is 3.81. The molecular weight excluding hydrogens is 326 g/mol. The molecule has 3 rings (SSSR count). The number of benzene rings is 1. The van der Waals surface area contributed by atoms with Gasteiger partial charge in [-0.1, -0.05) is 12.2 Å². The summed E-state index contributed by atoms with van der Waals surface area (Å²) in [6.45, 7) is 2.48. The minimum Gasteiger partial charge on any atom is -0.493 e. The van der Waals surface area contributed by atoms with Crippen LogP contribution in [0.3, 0.4) is 0 Å². The number of methoxy groups -OCH3 is 2. The molecule has 1 aliphatic heterocycles. The molecule has 128 valence electrons. The van der Waals surface area contributed by atoms with Gasteiger partial charge in [0.05, 0.1) is 37.9 Å². The number of piperazine rings is 1. The molecule has 1 fully saturated rings. The van der Waals surface area contributed by atoms with Gasteiger partial charge in [-0.05, 0) is 13.1 Å². The van der Waals surface area contributed by atoms with E-state index < -0.39 is 0 Å². The second kappa shape index (κ2) is 7.14. The summed E-state index contributed by atoms with van der Waals surface area (Å²) in [6.07, 6.45) is 1.70. The van der Waals surface area contributed by atoms with E-state index >= 15 is 0 Å². The molecule has 24 heavy (non-hydrogen) atoms. The van der Waals surface area contributed by atoms with E-state index in [0.717, 1.165) is 36.4 Å². The molecule has 2 heterocycles. The van der Waals surface area contributed by atoms with Crippen LogP contribution >= 0.6 is 12.2 Å². The Bertz CT molecular complexity index is 742. The van der Waals surface area contributed by atoms with Crippen LogP contribution in [0.25, 0.3) is 10.9 Å². The Kier molecular flexibility index (Phi) is 4.96. The molecule has 0 spiro atoms. The molecule has 0 bridgehead atoms. The third-order valence-electron chi connectivity index (χ3n) is 4.29. The number of thiocarbonyl (C=S) groups is 1. The summed E-state index contributed by atoms with van der Waals surface area (Å²) in [7, 11) is 5.19. The number of nitrogens with one attached hydrogen (secondary N) is 1. The van der Waals surface area contributed by atoms with Gasteiger partial charge in [-0.15, -0.1) is 0 Å². The first-order valence-corrected chi connectivity index (χ1v) is 8.19. The second-order valence-corrected chi connectivity index (χ2v) is 5.73. The van der Waals surface area contributed by atoms with Crippen LogP contribution in [0, 0.1) is 0 Å². The minimum atomic E-state index is 0.115. The molecule has 0 aliphatic carbocycles. The van der Waals surface area contributed by atoms with Gasteiger partial charge in [-0.25, -0.2) is 9.97 Å². The van der Waals surface area contributed by atoms with Gasteiger partial charge < -0.3 is 19.3 Å². The quantitative estimate of drug-likeness (QED) is 0.812. The lowest BCUT2D eigenvalue weighted by Crippen LogP contribution is -2.58. The number of hydrogen-bond donors (Lipinski definition) is 1. The van der Waals surface area contributed by atoms with Gasteiger partial charge in [-0.2, -0.15) is 0 Å². The van der Waals surface area contributed by atoms with E-state index in [1.165, 1.54) is 0 Å². The third-order valence-corrected chi connectivity index (χ3v) is 4.58. The zero-order valence-corrected chi connectivity index (χ0v) is 14.8. The number of fused-ring (bicyclic) bond motifs is 1. The molecule has 1 unspecified atom stereocenters. The molecule has 1 N–H and O–H groups in total. The standard InChI is InChI=1S/C16H21N5O2S/c1-17-15-8-20(10-24)4-5-21(15)16-11-6-13(22-2)14(23-3)7-12(11)18-9-19-16/h6-7,9-10,15,17H,4-5,8H2,1-3H3. The van der Waals surface area contributed by atoms with E-state index in [0.29, 0.717) is 11.5 Å². The molecule has 1 aromatic heterocycles. The first-order chi connectivity index (χ1) is 11.7. The topological polar surface area (TPSA) is 62.8 Å². The Morgan fingerprint density at radius 3 is 2.62 bits per heavy atom. The van der Waals surface area contributed by atoms with Gasteiger partial charge in [0.2, 0.25) is 0 Å². The number of anilines is 1. The van der Waals surface area contributed by atoms with Crippen molar-refractivity contribution in [1.29, 1.82) is 0 Å². The van der Waals surface area contributed by atoms with Gasteiger partial charge >= 0.3 is 0 Å². The molecule has 0 radical (unpaired) electrons. The van der Waals surface area contributed by atoms with Gasteiger partial charge in [0.25, 0.3) is 0 Å². The zero-order valence-electron chi connectivity index (χ0n) is 14.0. The van der Waals surface area contributed by atoms with Crippen LogP contribution in [0.4, 0.5) is 5.82 Å². The molecular formula is C16H21N5O2S. The zero-order chi connectivity index (χ0) is 17.1. The number of nitrogens with zero attached hydrogens (tertiary/aromatic N) is 4. The van der Waals surface area contributed by atoms with Crippen molar-refractivity contribution < 1.29 is 9.47 Å². The first kappa shape index (κ1) is 16.7. The van der Waals surface area contributed by atoms with Crippen LogP contribution in [0.15, 0.2) is 18.5 Å². The monoisotopic (exact) mass is 347 g/mol. The fourth-order valence-corrected chi connectivity index (χ4v) is 3.19. The van der Waals surface area contributed by atoms with Crippen LogP contribution in [-0.4, -0.2) is 67.4 Å². The van der Waals surface area contributed by atoms with Crippen molar-refractivity contribution in [3.05, 3.63) is 18.5 Å². The van der Waals surface area contributed by atoms with Gasteiger partial charge in [0.15, 0.2) is 11.5 Å². The van der Waals surface area contributed by atoms with Crippen LogP contribution in [0.1, 0.15) is 0 Å². The Hall–Kier alpha value is -2.19. The number of likely N-dealkylation sites (N-methyl/N-ethyl adjacent to an activating group) is 1. The maximum atomic E-state index is 5.43. The van der Waals surface area contributed by atoms with E-state index in [4.69, 9.17) is 21.7 Å². The lowest BCUT2D eigenvalue weighted by Gasteiger charge is -2.41. The lowest BCUT2D eigenvalue weighted by atomic mass is 10.1. The summed E-state index contributed by atoms with van der Waals surface area (Å²) in [4.78, 5) is 13.3. The minimum absolute atomic E-state index is 0.115. The predicted molar refractivity (Wildman–Crippen MR) is 98.1 cm³/mol. The maximum absolute atomic E-state index is 5.43. The summed E-state index contributed by atoms with van der Waals surface area (Å²) in [5.41, 5.74) is 2.54. The van der Waals surface area contributed by atoms with Crippen LogP contribution in [0.2, 0.25) is 0 Å². The van der Waals surface area contributed by atoms with Crippen LogP contribution in [0.5, 0.6) is 11.5 Å². The molecule has 7 nitrogen and oxygen atoms in total. The highest BCUT2D eigenvalue weighted by molar-refractivity contribution is 7.78. The van der Waals surface area contributed by atoms with E-state index in [2.05, 4.69) is 25.1 Å². The molecule has 8 heteroatoms. The maximum Gasteiger partial charge on any atom is 0.162 e. The fraction of sp³-hybridized carbons (Fsp3) is 0.438. The van der Waals surface area contributed by atoms with E-state index in [1.807, 2.05) is 19.2 Å². The Balaban J connectivity index is 2.07. The van der Waals surface area contributed by atoms with Crippen molar-refractivity contribution in [3.63, 3.8) is 0 Å². The predicted octanol–water partition coefficient (Wildman–Crippen LogP) is 1.27.